The van der Waals surface area contributed by atoms with E-state index < -0.39 is 0 Å². The topological polar surface area (TPSA) is 0 Å². The van der Waals surface area contributed by atoms with Gasteiger partial charge < -0.3 is 0 Å². The summed E-state index contributed by atoms with van der Waals surface area (Å²) in [5.74, 6) is -0.705. The molecule has 0 fully saturated rings. The fraction of sp³-hybridized carbons (Fsp3) is 0. The minimum Gasteiger partial charge on any atom is -0.207 e. The number of benzene rings is 2. The highest BCUT2D eigenvalue weighted by atomic mass is 79.9. The summed E-state index contributed by atoms with van der Waals surface area (Å²) in [5.41, 5.74) is 1.23. The third-order valence-electron chi connectivity index (χ3n) is 2.15. The van der Waals surface area contributed by atoms with Crippen LogP contribution in [0.5, 0.6) is 0 Å². The Morgan fingerprint density at radius 1 is 0.688 bits per heavy atom. The predicted octanol–water partition coefficient (Wildman–Crippen LogP) is 5.16. The molecule has 0 saturated carbocycles. The van der Waals surface area contributed by atoms with Crippen LogP contribution in [0.25, 0.3) is 11.1 Å². The van der Waals surface area contributed by atoms with Gasteiger partial charge in [-0.05, 0) is 47.5 Å². The van der Waals surface area contributed by atoms with Crippen LogP contribution in [0.1, 0.15) is 0 Å². The molecule has 2 aromatic rings. The first-order valence-corrected chi connectivity index (χ1v) is 6.07. The van der Waals surface area contributed by atoms with Crippen molar-refractivity contribution in [2.45, 2.75) is 0 Å². The highest BCUT2D eigenvalue weighted by Gasteiger charge is 2.09. The number of hydrogen-bond donors (Lipinski definition) is 0. The lowest BCUT2D eigenvalue weighted by Gasteiger charge is -2.07. The van der Waals surface area contributed by atoms with E-state index in [1.165, 1.54) is 24.3 Å². The summed E-state index contributed by atoms with van der Waals surface area (Å²) in [6.45, 7) is 0. The summed E-state index contributed by atoms with van der Waals surface area (Å²) in [5, 5.41) is 0. The average Bonchev–Trinajstić information content (AvgIpc) is 2.25. The smallest absolute Gasteiger partial charge is 0.123 e. The normalized spacial score (nSPS) is 10.5. The van der Waals surface area contributed by atoms with Crippen molar-refractivity contribution in [2.24, 2.45) is 0 Å². The SMILES string of the molecule is Fc1ccc(Br)c(-c2cc(F)ccc2Br)c1. The highest BCUT2D eigenvalue weighted by molar-refractivity contribution is 9.11. The first-order chi connectivity index (χ1) is 7.58. The van der Waals surface area contributed by atoms with Crippen LogP contribution in [0.4, 0.5) is 8.78 Å². The molecule has 82 valence electrons. The molecule has 0 unspecified atom stereocenters. The van der Waals surface area contributed by atoms with E-state index in [0.29, 0.717) is 11.1 Å². The quantitative estimate of drug-likeness (QED) is 0.668. The maximum Gasteiger partial charge on any atom is 0.123 e. The van der Waals surface area contributed by atoms with E-state index >= 15 is 0 Å². The van der Waals surface area contributed by atoms with Crippen LogP contribution in [0.3, 0.4) is 0 Å². The largest absolute Gasteiger partial charge is 0.207 e. The number of rotatable bonds is 1. The van der Waals surface area contributed by atoms with E-state index in [2.05, 4.69) is 31.9 Å². The molecule has 0 radical (unpaired) electrons. The molecule has 0 atom stereocenters. The van der Waals surface area contributed by atoms with Gasteiger partial charge in [-0.2, -0.15) is 0 Å². The fourth-order valence-corrected chi connectivity index (χ4v) is 2.33. The van der Waals surface area contributed by atoms with Gasteiger partial charge in [-0.1, -0.05) is 31.9 Å². The molecule has 4 heteroatoms. The van der Waals surface area contributed by atoms with Crippen molar-refractivity contribution in [3.8, 4) is 11.1 Å². The Balaban J connectivity index is 2.66. The van der Waals surface area contributed by atoms with Crippen molar-refractivity contribution in [2.75, 3.05) is 0 Å². The molecule has 0 spiro atoms. The van der Waals surface area contributed by atoms with Gasteiger partial charge in [0.05, 0.1) is 0 Å². The zero-order chi connectivity index (χ0) is 11.7. The molecule has 2 rings (SSSR count). The number of halogens is 4. The van der Waals surface area contributed by atoms with Crippen LogP contribution in [0.2, 0.25) is 0 Å². The highest BCUT2D eigenvalue weighted by Crippen LogP contribution is 2.34. The molecular formula is C12H6Br2F2. The molecule has 0 N–H and O–H groups in total. The minimum absolute atomic E-state index is 0.352. The maximum absolute atomic E-state index is 13.1. The molecule has 0 aliphatic rings. The molecule has 2 aromatic carbocycles. The first kappa shape index (κ1) is 11.7. The van der Waals surface area contributed by atoms with Crippen molar-refractivity contribution >= 4 is 31.9 Å². The Kier molecular flexibility index (Phi) is 3.40. The molecule has 0 aliphatic heterocycles. The van der Waals surface area contributed by atoms with Crippen molar-refractivity contribution < 1.29 is 8.78 Å². The fourth-order valence-electron chi connectivity index (χ4n) is 1.41. The molecule has 16 heavy (non-hydrogen) atoms. The minimum atomic E-state index is -0.352. The lowest BCUT2D eigenvalue weighted by Crippen LogP contribution is -1.86. The van der Waals surface area contributed by atoms with Crippen molar-refractivity contribution in [3.05, 3.63) is 57.0 Å². The van der Waals surface area contributed by atoms with Crippen LogP contribution in [0, 0.1) is 11.6 Å². The van der Waals surface area contributed by atoms with E-state index in [-0.39, 0.29) is 11.6 Å². The number of hydrogen-bond acceptors (Lipinski definition) is 0. The van der Waals surface area contributed by atoms with Gasteiger partial charge in [0.25, 0.3) is 0 Å². The Hall–Kier alpha value is -0.740. The second-order valence-electron chi connectivity index (χ2n) is 3.25. The Labute approximate surface area is 109 Å². The third-order valence-corrected chi connectivity index (χ3v) is 3.53. The molecule has 0 amide bonds. The predicted molar refractivity (Wildman–Crippen MR) is 67.2 cm³/mol. The summed E-state index contributed by atoms with van der Waals surface area (Å²) >= 11 is 6.63. The van der Waals surface area contributed by atoms with E-state index in [4.69, 9.17) is 0 Å². The van der Waals surface area contributed by atoms with Crippen molar-refractivity contribution in [1.29, 1.82) is 0 Å². The van der Waals surface area contributed by atoms with E-state index in [9.17, 15) is 8.78 Å². The Morgan fingerprint density at radius 3 is 1.44 bits per heavy atom. The zero-order valence-corrected chi connectivity index (χ0v) is 11.1. The van der Waals surface area contributed by atoms with Crippen LogP contribution < -0.4 is 0 Å². The molecule has 0 saturated heterocycles. The van der Waals surface area contributed by atoms with E-state index in [1.54, 1.807) is 12.1 Å². The summed E-state index contributed by atoms with van der Waals surface area (Å²) in [7, 11) is 0. The van der Waals surface area contributed by atoms with Gasteiger partial charge in [0.1, 0.15) is 11.6 Å². The van der Waals surface area contributed by atoms with Gasteiger partial charge in [-0.25, -0.2) is 8.78 Å². The van der Waals surface area contributed by atoms with E-state index in [0.717, 1.165) is 8.95 Å². The first-order valence-electron chi connectivity index (χ1n) is 4.48. The molecule has 0 nitrogen and oxygen atoms in total. The molecular weight excluding hydrogens is 342 g/mol. The van der Waals surface area contributed by atoms with Gasteiger partial charge in [-0.3, -0.25) is 0 Å². The Morgan fingerprint density at radius 2 is 1.06 bits per heavy atom. The molecule has 0 aromatic heterocycles. The standard InChI is InChI=1S/C12H6Br2F2/c13-11-3-1-7(15)5-9(11)10-6-8(16)2-4-12(10)14/h1-6H. The van der Waals surface area contributed by atoms with Crippen LogP contribution in [-0.2, 0) is 0 Å². The van der Waals surface area contributed by atoms with Crippen LogP contribution >= 0.6 is 31.9 Å². The molecule has 0 bridgehead atoms. The maximum atomic E-state index is 13.1. The van der Waals surface area contributed by atoms with Gasteiger partial charge in [0.15, 0.2) is 0 Å². The van der Waals surface area contributed by atoms with Gasteiger partial charge in [0, 0.05) is 8.95 Å². The zero-order valence-electron chi connectivity index (χ0n) is 7.98. The average molecular weight is 348 g/mol. The van der Waals surface area contributed by atoms with Crippen LogP contribution in [-0.4, -0.2) is 0 Å². The third kappa shape index (κ3) is 2.33. The van der Waals surface area contributed by atoms with Gasteiger partial charge >= 0.3 is 0 Å². The monoisotopic (exact) mass is 346 g/mol. The molecule has 0 heterocycles. The van der Waals surface area contributed by atoms with E-state index in [1.807, 2.05) is 0 Å². The Bertz CT molecular complexity index is 489. The summed E-state index contributed by atoms with van der Waals surface area (Å²) in [6, 6.07) is 8.62. The second-order valence-corrected chi connectivity index (χ2v) is 4.96. The summed E-state index contributed by atoms with van der Waals surface area (Å²) in [6.07, 6.45) is 0. The lowest BCUT2D eigenvalue weighted by molar-refractivity contribution is 0.625. The van der Waals surface area contributed by atoms with Crippen molar-refractivity contribution in [1.82, 2.24) is 0 Å². The lowest BCUT2D eigenvalue weighted by atomic mass is 10.1. The summed E-state index contributed by atoms with van der Waals surface area (Å²) in [4.78, 5) is 0. The van der Waals surface area contributed by atoms with Gasteiger partial charge in [0.2, 0.25) is 0 Å². The summed E-state index contributed by atoms with van der Waals surface area (Å²) < 4.78 is 27.7. The molecule has 0 aliphatic carbocycles. The van der Waals surface area contributed by atoms with Crippen LogP contribution in [0.15, 0.2) is 45.3 Å². The van der Waals surface area contributed by atoms with Gasteiger partial charge in [-0.15, -0.1) is 0 Å². The second kappa shape index (κ2) is 4.63. The van der Waals surface area contributed by atoms with Crippen molar-refractivity contribution in [3.63, 3.8) is 0 Å².